The summed E-state index contributed by atoms with van der Waals surface area (Å²) in [5.41, 5.74) is 0. The summed E-state index contributed by atoms with van der Waals surface area (Å²) in [6.07, 6.45) is 3.66. The topological polar surface area (TPSA) is 0 Å². The lowest BCUT2D eigenvalue weighted by Gasteiger charge is -1.87. The average Bonchev–Trinajstić information content (AvgIpc) is 1.69. The number of hydrogen-bond acceptors (Lipinski definition) is 2. The van der Waals surface area contributed by atoms with Crippen LogP contribution in [0.3, 0.4) is 0 Å². The molecule has 0 amide bonds. The third kappa shape index (κ3) is 1.11. The molecule has 32 valence electrons. The molecule has 0 nitrogen and oxygen atoms in total. The quantitative estimate of drug-likeness (QED) is 0.447. The molecular formula is C4H4S2. The van der Waals surface area contributed by atoms with E-state index in [0.29, 0.717) is 5.38 Å². The third-order valence-electron chi connectivity index (χ3n) is 0.395. The molecule has 2 heteroatoms. The predicted octanol–water partition coefficient (Wildman–Crippen LogP) is 2.41. The second kappa shape index (κ2) is 2.37. The summed E-state index contributed by atoms with van der Waals surface area (Å²) in [7, 11) is 3.06. The van der Waals surface area contributed by atoms with Crippen molar-refractivity contribution in [1.82, 2.24) is 0 Å². The Bertz CT molecular complexity index is 117. The van der Waals surface area contributed by atoms with E-state index in [9.17, 15) is 0 Å². The maximum atomic E-state index is 7.02. The average molecular weight is 117 g/mol. The van der Waals surface area contributed by atoms with Crippen LogP contribution in [0.4, 0.5) is 0 Å². The van der Waals surface area contributed by atoms with Crippen LogP contribution in [-0.4, -0.2) is 0 Å². The monoisotopic (exact) mass is 117 g/mol. The van der Waals surface area contributed by atoms with Gasteiger partial charge in [0.05, 0.1) is 1.37 Å². The van der Waals surface area contributed by atoms with Crippen molar-refractivity contribution in [1.29, 1.82) is 0 Å². The van der Waals surface area contributed by atoms with Gasteiger partial charge in [0.1, 0.15) is 0 Å². The Labute approximate surface area is 46.5 Å². The molecular weight excluding hydrogens is 112 g/mol. The highest BCUT2D eigenvalue weighted by molar-refractivity contribution is 8.79. The van der Waals surface area contributed by atoms with Gasteiger partial charge in [-0.15, -0.1) is 0 Å². The van der Waals surface area contributed by atoms with E-state index in [4.69, 9.17) is 1.37 Å². The number of rotatable bonds is 0. The van der Waals surface area contributed by atoms with Gasteiger partial charge in [-0.3, -0.25) is 0 Å². The van der Waals surface area contributed by atoms with E-state index in [1.54, 1.807) is 16.9 Å². The molecule has 0 aromatic carbocycles. The standard InChI is InChI=1S/C4H4S2/c1-2-4-6-5-3-1/h1-4H/i3D. The van der Waals surface area contributed by atoms with Gasteiger partial charge in [0.2, 0.25) is 0 Å². The van der Waals surface area contributed by atoms with Gasteiger partial charge in [-0.1, -0.05) is 33.7 Å². The summed E-state index contributed by atoms with van der Waals surface area (Å²) in [5.74, 6) is 0. The molecule has 0 aromatic rings. The van der Waals surface area contributed by atoms with Crippen LogP contribution in [-0.2, 0) is 0 Å². The highest BCUT2D eigenvalue weighted by Gasteiger charge is 1.78. The van der Waals surface area contributed by atoms with Crippen LogP contribution in [0.15, 0.2) is 22.9 Å². The van der Waals surface area contributed by atoms with Crippen molar-refractivity contribution < 1.29 is 1.37 Å². The van der Waals surface area contributed by atoms with Crippen molar-refractivity contribution >= 4 is 21.6 Å². The zero-order valence-corrected chi connectivity index (χ0v) is 4.68. The molecule has 0 atom stereocenters. The molecule has 6 heavy (non-hydrogen) atoms. The minimum absolute atomic E-state index is 0.632. The van der Waals surface area contributed by atoms with E-state index < -0.39 is 0 Å². The molecule has 0 radical (unpaired) electrons. The highest BCUT2D eigenvalue weighted by atomic mass is 33.1. The van der Waals surface area contributed by atoms with Crippen LogP contribution in [0.2, 0.25) is 0 Å². The van der Waals surface area contributed by atoms with Gasteiger partial charge in [-0.2, -0.15) is 0 Å². The van der Waals surface area contributed by atoms with Gasteiger partial charge in [0.25, 0.3) is 0 Å². The molecule has 0 fully saturated rings. The molecule has 0 aromatic heterocycles. The Balaban J connectivity index is 2.57. The number of hydrogen-bond donors (Lipinski definition) is 0. The predicted molar refractivity (Wildman–Crippen MR) is 33.5 cm³/mol. The van der Waals surface area contributed by atoms with Crippen LogP contribution in [0, 0.1) is 0 Å². The first-order valence-corrected chi connectivity index (χ1v) is 3.77. The van der Waals surface area contributed by atoms with E-state index in [0.717, 1.165) is 0 Å². The Kier molecular flexibility index (Phi) is 1.27. The first-order chi connectivity index (χ1) is 3.39. The second-order valence-corrected chi connectivity index (χ2v) is 2.74. The van der Waals surface area contributed by atoms with Crippen molar-refractivity contribution in [3.8, 4) is 0 Å². The van der Waals surface area contributed by atoms with Crippen molar-refractivity contribution in [3.63, 3.8) is 0 Å². The smallest absolute Gasteiger partial charge is 0.0612 e. The molecule has 1 aliphatic rings. The fourth-order valence-electron chi connectivity index (χ4n) is 0.194. The zero-order chi connectivity index (χ0) is 5.11. The van der Waals surface area contributed by atoms with Crippen molar-refractivity contribution in [3.05, 3.63) is 22.9 Å². The summed E-state index contributed by atoms with van der Waals surface area (Å²) in [6, 6.07) is 0. The normalized spacial score (nSPS) is 22.7. The van der Waals surface area contributed by atoms with E-state index in [2.05, 4.69) is 0 Å². The first-order valence-electron chi connectivity index (χ1n) is 2.06. The minimum Gasteiger partial charge on any atom is -0.0612 e. The van der Waals surface area contributed by atoms with Crippen LogP contribution in [0.5, 0.6) is 0 Å². The van der Waals surface area contributed by atoms with Gasteiger partial charge in [0.15, 0.2) is 0 Å². The fraction of sp³-hybridized carbons (Fsp3) is 0. The van der Waals surface area contributed by atoms with Crippen LogP contribution in [0.1, 0.15) is 1.37 Å². The van der Waals surface area contributed by atoms with Gasteiger partial charge in [-0.25, -0.2) is 0 Å². The van der Waals surface area contributed by atoms with Crippen LogP contribution in [0.25, 0.3) is 0 Å². The summed E-state index contributed by atoms with van der Waals surface area (Å²) in [5, 5.41) is 2.59. The maximum absolute atomic E-state index is 7.02. The molecule has 1 aliphatic heterocycles. The van der Waals surface area contributed by atoms with E-state index in [1.165, 1.54) is 10.8 Å². The fourth-order valence-corrected chi connectivity index (χ4v) is 1.27. The molecule has 1 heterocycles. The minimum atomic E-state index is 0.632. The zero-order valence-electron chi connectivity index (χ0n) is 4.05. The Morgan fingerprint density at radius 2 is 2.33 bits per heavy atom. The first kappa shape index (κ1) is 3.22. The molecule has 0 bridgehead atoms. The van der Waals surface area contributed by atoms with E-state index in [1.807, 2.05) is 11.5 Å². The van der Waals surface area contributed by atoms with Crippen molar-refractivity contribution in [2.24, 2.45) is 0 Å². The molecule has 0 saturated carbocycles. The number of allylic oxidation sites excluding steroid dienone is 2. The third-order valence-corrected chi connectivity index (χ3v) is 1.90. The maximum Gasteiger partial charge on any atom is 0.0706 e. The van der Waals surface area contributed by atoms with Gasteiger partial charge in [0, 0.05) is 0 Å². The van der Waals surface area contributed by atoms with E-state index in [-0.39, 0.29) is 0 Å². The largest absolute Gasteiger partial charge is 0.0706 e. The second-order valence-electron chi connectivity index (χ2n) is 0.793. The highest BCUT2D eigenvalue weighted by Crippen LogP contribution is 2.26. The van der Waals surface area contributed by atoms with Crippen LogP contribution >= 0.6 is 21.6 Å². The van der Waals surface area contributed by atoms with Crippen LogP contribution < -0.4 is 0 Å². The van der Waals surface area contributed by atoms with Gasteiger partial charge in [-0.05, 0) is 10.8 Å². The van der Waals surface area contributed by atoms with Crippen molar-refractivity contribution in [2.45, 2.75) is 0 Å². The van der Waals surface area contributed by atoms with Crippen molar-refractivity contribution in [2.75, 3.05) is 0 Å². The van der Waals surface area contributed by atoms with Gasteiger partial charge >= 0.3 is 0 Å². The lowest BCUT2D eigenvalue weighted by molar-refractivity contribution is 2.10. The SMILES string of the molecule is [2H]C1=CC=CSS1. The molecule has 0 unspecified atom stereocenters. The molecule has 1 rings (SSSR count). The summed E-state index contributed by atoms with van der Waals surface area (Å²) in [4.78, 5) is 0. The van der Waals surface area contributed by atoms with Gasteiger partial charge < -0.3 is 0 Å². The Morgan fingerprint density at radius 1 is 1.33 bits per heavy atom. The molecule has 0 aliphatic carbocycles. The Hall–Kier alpha value is 0.180. The van der Waals surface area contributed by atoms with E-state index >= 15 is 0 Å². The molecule has 0 N–H and O–H groups in total. The summed E-state index contributed by atoms with van der Waals surface area (Å²) in [6.45, 7) is 0. The summed E-state index contributed by atoms with van der Waals surface area (Å²) < 4.78 is 7.02. The lowest BCUT2D eigenvalue weighted by atomic mass is 10.6. The molecule has 0 saturated heterocycles. The lowest BCUT2D eigenvalue weighted by Crippen LogP contribution is -1.49. The molecule has 0 spiro atoms. The Morgan fingerprint density at radius 3 is 2.67 bits per heavy atom. The summed E-state index contributed by atoms with van der Waals surface area (Å²) >= 11 is 0.